The Morgan fingerprint density at radius 3 is 2.63 bits per heavy atom. The van der Waals surface area contributed by atoms with Crippen LogP contribution >= 0.6 is 11.3 Å². The van der Waals surface area contributed by atoms with E-state index in [4.69, 9.17) is 9.97 Å². The highest BCUT2D eigenvalue weighted by Crippen LogP contribution is 2.36. The van der Waals surface area contributed by atoms with Crippen LogP contribution in [-0.2, 0) is 6.42 Å². The number of hydrogen-bond donors (Lipinski definition) is 5. The Morgan fingerprint density at radius 1 is 1.09 bits per heavy atom. The average Bonchev–Trinajstić information content (AvgIpc) is 3.41. The second-order valence-electron chi connectivity index (χ2n) is 8.97. The monoisotopic (exact) mass is 491 g/mol. The molecule has 1 aliphatic carbocycles. The zero-order valence-corrected chi connectivity index (χ0v) is 20.5. The van der Waals surface area contributed by atoms with E-state index in [1.54, 1.807) is 17.5 Å². The van der Waals surface area contributed by atoms with Crippen LogP contribution in [0.1, 0.15) is 24.5 Å². The fraction of sp³-hybridized carbons (Fsp3) is 0.346. The second kappa shape index (κ2) is 9.87. The van der Waals surface area contributed by atoms with Gasteiger partial charge in [0, 0.05) is 24.4 Å². The van der Waals surface area contributed by atoms with Gasteiger partial charge >= 0.3 is 0 Å². The number of hydrogen-bond acceptors (Lipinski definition) is 9. The number of aliphatic hydroxyl groups is 3. The van der Waals surface area contributed by atoms with Crippen molar-refractivity contribution in [2.45, 2.75) is 44.9 Å². The molecule has 0 aliphatic heterocycles. The lowest BCUT2D eigenvalue weighted by molar-refractivity contribution is 0.00446. The molecule has 182 valence electrons. The van der Waals surface area contributed by atoms with Crippen molar-refractivity contribution in [3.05, 3.63) is 59.8 Å². The maximum atomic E-state index is 10.6. The molecule has 5 rings (SSSR count). The first kappa shape index (κ1) is 23.6. The number of rotatable bonds is 7. The standard InChI is InChI=1S/C26H29N5O3S/c1-3-15-8-9-17(10-14(15)2)28-26-27-12-18(25-30-19-6-4-5-7-21(19)35-25)24(31-26)29-20-11-16(13-32)22(33)23(20)34/h4-10,12,16,20,22-23,32-34H,3,11,13H2,1-2H3,(H2,27,28,29,31). The van der Waals surface area contributed by atoms with Crippen LogP contribution in [0, 0.1) is 12.8 Å². The van der Waals surface area contributed by atoms with Gasteiger partial charge in [-0.15, -0.1) is 11.3 Å². The number of aromatic nitrogens is 3. The van der Waals surface area contributed by atoms with Crippen LogP contribution in [0.25, 0.3) is 20.8 Å². The van der Waals surface area contributed by atoms with Gasteiger partial charge < -0.3 is 26.0 Å². The van der Waals surface area contributed by atoms with Crippen LogP contribution in [0.5, 0.6) is 0 Å². The first-order valence-corrected chi connectivity index (χ1v) is 12.6. The SMILES string of the molecule is CCc1ccc(Nc2ncc(-c3nc4ccccc4s3)c(NC3CC(CO)C(O)C3O)n2)cc1C. The van der Waals surface area contributed by atoms with Crippen LogP contribution < -0.4 is 10.6 Å². The molecule has 0 bridgehead atoms. The molecule has 1 aliphatic rings. The maximum absolute atomic E-state index is 10.6. The summed E-state index contributed by atoms with van der Waals surface area (Å²) in [6, 6.07) is 13.6. The molecule has 4 unspecified atom stereocenters. The minimum absolute atomic E-state index is 0.190. The number of para-hydroxylation sites is 1. The molecule has 0 amide bonds. The predicted octanol–water partition coefficient (Wildman–Crippen LogP) is 3.88. The fourth-order valence-electron chi connectivity index (χ4n) is 4.62. The number of benzene rings is 2. The van der Waals surface area contributed by atoms with E-state index < -0.39 is 24.2 Å². The summed E-state index contributed by atoms with van der Waals surface area (Å²) in [7, 11) is 0. The molecule has 4 aromatic rings. The summed E-state index contributed by atoms with van der Waals surface area (Å²) in [6.45, 7) is 4.02. The number of fused-ring (bicyclic) bond motifs is 1. The molecule has 35 heavy (non-hydrogen) atoms. The minimum atomic E-state index is -1.02. The van der Waals surface area contributed by atoms with E-state index in [1.807, 2.05) is 30.3 Å². The van der Waals surface area contributed by atoms with E-state index >= 15 is 0 Å². The number of aryl methyl sites for hydroxylation is 2. The van der Waals surface area contributed by atoms with Crippen molar-refractivity contribution in [1.82, 2.24) is 15.0 Å². The molecule has 2 aromatic carbocycles. The number of anilines is 3. The predicted molar refractivity (Wildman–Crippen MR) is 139 cm³/mol. The highest BCUT2D eigenvalue weighted by molar-refractivity contribution is 7.21. The first-order valence-electron chi connectivity index (χ1n) is 11.8. The summed E-state index contributed by atoms with van der Waals surface area (Å²) in [5.41, 5.74) is 4.97. The third-order valence-electron chi connectivity index (χ3n) is 6.65. The zero-order chi connectivity index (χ0) is 24.5. The molecule has 8 nitrogen and oxygen atoms in total. The summed E-state index contributed by atoms with van der Waals surface area (Å²) in [5, 5.41) is 37.8. The van der Waals surface area contributed by atoms with Crippen molar-refractivity contribution in [1.29, 1.82) is 0 Å². The quantitative estimate of drug-likeness (QED) is 0.264. The van der Waals surface area contributed by atoms with Gasteiger partial charge in [0.15, 0.2) is 0 Å². The Labute approximate surface area is 207 Å². The van der Waals surface area contributed by atoms with Crippen LogP contribution in [0.4, 0.5) is 17.5 Å². The third-order valence-corrected chi connectivity index (χ3v) is 7.72. The Morgan fingerprint density at radius 2 is 1.91 bits per heavy atom. The van der Waals surface area contributed by atoms with Crippen LogP contribution in [0.3, 0.4) is 0 Å². The van der Waals surface area contributed by atoms with Gasteiger partial charge in [0.2, 0.25) is 5.95 Å². The summed E-state index contributed by atoms with van der Waals surface area (Å²) in [5.74, 6) is 0.527. The van der Waals surface area contributed by atoms with Crippen molar-refractivity contribution in [3.63, 3.8) is 0 Å². The van der Waals surface area contributed by atoms with Crippen LogP contribution in [-0.4, -0.2) is 55.1 Å². The highest BCUT2D eigenvalue weighted by Gasteiger charge is 2.41. The number of nitrogens with zero attached hydrogens (tertiary/aromatic N) is 3. The van der Waals surface area contributed by atoms with E-state index in [2.05, 4.69) is 41.6 Å². The Kier molecular flexibility index (Phi) is 6.66. The molecular formula is C26H29N5O3S. The Balaban J connectivity index is 1.50. The lowest BCUT2D eigenvalue weighted by Crippen LogP contribution is -2.35. The van der Waals surface area contributed by atoms with E-state index in [9.17, 15) is 15.3 Å². The highest BCUT2D eigenvalue weighted by atomic mass is 32.1. The smallest absolute Gasteiger partial charge is 0.229 e. The number of nitrogens with one attached hydrogen (secondary N) is 2. The van der Waals surface area contributed by atoms with Gasteiger partial charge in [0.1, 0.15) is 16.9 Å². The minimum Gasteiger partial charge on any atom is -0.396 e. The van der Waals surface area contributed by atoms with E-state index in [1.165, 1.54) is 11.1 Å². The van der Waals surface area contributed by atoms with Crippen molar-refractivity contribution < 1.29 is 15.3 Å². The van der Waals surface area contributed by atoms with Crippen molar-refractivity contribution in [2.24, 2.45) is 5.92 Å². The summed E-state index contributed by atoms with van der Waals surface area (Å²) in [6.07, 6.45) is 1.10. The van der Waals surface area contributed by atoms with Gasteiger partial charge in [-0.3, -0.25) is 0 Å². The second-order valence-corrected chi connectivity index (χ2v) is 10.0. The third kappa shape index (κ3) is 4.72. The Bertz CT molecular complexity index is 1310. The van der Waals surface area contributed by atoms with Gasteiger partial charge in [-0.2, -0.15) is 4.98 Å². The Hall–Kier alpha value is -3.11. The van der Waals surface area contributed by atoms with Gasteiger partial charge in [0.05, 0.1) is 27.9 Å². The van der Waals surface area contributed by atoms with Crippen LogP contribution in [0.2, 0.25) is 0 Å². The van der Waals surface area contributed by atoms with E-state index in [0.29, 0.717) is 23.8 Å². The van der Waals surface area contributed by atoms with Gasteiger partial charge in [-0.05, 0) is 55.2 Å². The topological polar surface area (TPSA) is 123 Å². The lowest BCUT2D eigenvalue weighted by atomic mass is 10.1. The largest absolute Gasteiger partial charge is 0.396 e. The van der Waals surface area contributed by atoms with Crippen LogP contribution in [0.15, 0.2) is 48.7 Å². The molecule has 1 fully saturated rings. The van der Waals surface area contributed by atoms with E-state index in [0.717, 1.165) is 27.3 Å². The maximum Gasteiger partial charge on any atom is 0.229 e. The zero-order valence-electron chi connectivity index (χ0n) is 19.6. The summed E-state index contributed by atoms with van der Waals surface area (Å²) >= 11 is 1.54. The summed E-state index contributed by atoms with van der Waals surface area (Å²) < 4.78 is 1.05. The van der Waals surface area contributed by atoms with Gasteiger partial charge in [-0.1, -0.05) is 25.1 Å². The molecule has 9 heteroatoms. The molecule has 2 heterocycles. The molecule has 0 radical (unpaired) electrons. The van der Waals surface area contributed by atoms with Crippen molar-refractivity contribution in [2.75, 3.05) is 17.2 Å². The molecule has 1 saturated carbocycles. The first-order chi connectivity index (χ1) is 17.0. The number of thiazole rings is 1. The average molecular weight is 492 g/mol. The molecular weight excluding hydrogens is 462 g/mol. The molecule has 5 N–H and O–H groups in total. The summed E-state index contributed by atoms with van der Waals surface area (Å²) in [4.78, 5) is 14.0. The molecule has 0 saturated heterocycles. The van der Waals surface area contributed by atoms with Crippen molar-refractivity contribution >= 4 is 39.0 Å². The normalized spacial score (nSPS) is 22.0. The number of aliphatic hydroxyl groups excluding tert-OH is 3. The van der Waals surface area contributed by atoms with E-state index in [-0.39, 0.29) is 6.61 Å². The molecule has 4 atom stereocenters. The van der Waals surface area contributed by atoms with Gasteiger partial charge in [0.25, 0.3) is 0 Å². The fourth-order valence-corrected chi connectivity index (χ4v) is 5.60. The van der Waals surface area contributed by atoms with Crippen molar-refractivity contribution in [3.8, 4) is 10.6 Å². The molecule has 2 aromatic heterocycles. The lowest BCUT2D eigenvalue weighted by Gasteiger charge is -2.20. The molecule has 0 spiro atoms. The van der Waals surface area contributed by atoms with Gasteiger partial charge in [-0.25, -0.2) is 9.97 Å².